The van der Waals surface area contributed by atoms with Gasteiger partial charge in [-0.2, -0.15) is 0 Å². The Balaban J connectivity index is 1.93. The predicted octanol–water partition coefficient (Wildman–Crippen LogP) is 2.28. The number of likely N-dealkylation sites (tertiary alicyclic amines) is 1. The van der Waals surface area contributed by atoms with Crippen molar-refractivity contribution in [2.45, 2.75) is 27.2 Å². The number of hydrogen-bond acceptors (Lipinski definition) is 3. The van der Waals surface area contributed by atoms with E-state index in [9.17, 15) is 14.7 Å². The number of aryl methyl sites for hydroxylation is 2. The van der Waals surface area contributed by atoms with E-state index in [0.29, 0.717) is 18.9 Å². The van der Waals surface area contributed by atoms with E-state index in [2.05, 4.69) is 5.32 Å². The van der Waals surface area contributed by atoms with E-state index in [-0.39, 0.29) is 18.4 Å². The Morgan fingerprint density at radius 2 is 2.00 bits per heavy atom. The fourth-order valence-corrected chi connectivity index (χ4v) is 2.99. The van der Waals surface area contributed by atoms with Crippen LogP contribution in [0.25, 0.3) is 0 Å². The van der Waals surface area contributed by atoms with E-state index in [1.165, 1.54) is 5.56 Å². The van der Waals surface area contributed by atoms with Crippen molar-refractivity contribution in [2.24, 2.45) is 11.8 Å². The van der Waals surface area contributed by atoms with Crippen LogP contribution in [0.5, 0.6) is 0 Å². The number of carboxylic acids is 1. The molecule has 0 spiro atoms. The first-order valence-corrected chi connectivity index (χ1v) is 7.67. The molecule has 5 heteroatoms. The average molecular weight is 304 g/mol. The van der Waals surface area contributed by atoms with Crippen LogP contribution in [0.15, 0.2) is 18.2 Å². The normalized spacial score (nSPS) is 22.3. The van der Waals surface area contributed by atoms with E-state index < -0.39 is 5.97 Å². The molecule has 5 nitrogen and oxygen atoms in total. The van der Waals surface area contributed by atoms with Crippen LogP contribution in [-0.4, -0.2) is 41.5 Å². The second-order valence-corrected chi connectivity index (χ2v) is 6.42. The Hall–Kier alpha value is -1.88. The van der Waals surface area contributed by atoms with Crippen LogP contribution >= 0.6 is 0 Å². The zero-order valence-electron chi connectivity index (χ0n) is 13.4. The van der Waals surface area contributed by atoms with Crippen LogP contribution in [0.3, 0.4) is 0 Å². The maximum absolute atomic E-state index is 12.2. The number of carboxylic acid groups (broad SMARTS) is 1. The van der Waals surface area contributed by atoms with Crippen molar-refractivity contribution < 1.29 is 14.7 Å². The molecule has 2 atom stereocenters. The molecule has 1 aliphatic heterocycles. The molecule has 1 aromatic rings. The molecule has 0 aliphatic carbocycles. The third-order valence-corrected chi connectivity index (χ3v) is 4.24. The molecule has 1 aliphatic rings. The second-order valence-electron chi connectivity index (χ2n) is 6.42. The van der Waals surface area contributed by atoms with Gasteiger partial charge in [0.15, 0.2) is 0 Å². The van der Waals surface area contributed by atoms with E-state index in [0.717, 1.165) is 17.8 Å². The average Bonchev–Trinajstić information content (AvgIpc) is 2.42. The van der Waals surface area contributed by atoms with E-state index in [1.807, 2.05) is 43.9 Å². The standard InChI is InChI=1S/C17H24N2O3/c1-11-6-14(17(21)22)9-19(8-11)10-16(20)18-15-5-4-12(2)13(3)7-15/h4-5,7,11,14H,6,8-10H2,1-3H3,(H,18,20)(H,21,22). The number of carbonyl (C=O) groups excluding carboxylic acids is 1. The zero-order chi connectivity index (χ0) is 16.3. The van der Waals surface area contributed by atoms with Gasteiger partial charge in [-0.1, -0.05) is 13.0 Å². The molecule has 0 bridgehead atoms. The number of amides is 1. The number of carbonyl (C=O) groups is 2. The minimum atomic E-state index is -0.772. The van der Waals surface area contributed by atoms with Crippen molar-refractivity contribution in [3.05, 3.63) is 29.3 Å². The minimum Gasteiger partial charge on any atom is -0.481 e. The van der Waals surface area contributed by atoms with Gasteiger partial charge in [0.2, 0.25) is 5.91 Å². The summed E-state index contributed by atoms with van der Waals surface area (Å²) in [5.41, 5.74) is 3.11. The van der Waals surface area contributed by atoms with Gasteiger partial charge in [-0.05, 0) is 49.4 Å². The van der Waals surface area contributed by atoms with Crippen molar-refractivity contribution in [3.63, 3.8) is 0 Å². The van der Waals surface area contributed by atoms with Crippen molar-refractivity contribution in [3.8, 4) is 0 Å². The van der Waals surface area contributed by atoms with Gasteiger partial charge < -0.3 is 10.4 Å². The maximum atomic E-state index is 12.2. The van der Waals surface area contributed by atoms with Crippen molar-refractivity contribution in [2.75, 3.05) is 25.0 Å². The molecule has 1 saturated heterocycles. The molecular weight excluding hydrogens is 280 g/mol. The number of nitrogens with one attached hydrogen (secondary N) is 1. The number of nitrogens with zero attached hydrogens (tertiary/aromatic N) is 1. The smallest absolute Gasteiger partial charge is 0.307 e. The number of anilines is 1. The summed E-state index contributed by atoms with van der Waals surface area (Å²) >= 11 is 0. The van der Waals surface area contributed by atoms with Gasteiger partial charge in [-0.15, -0.1) is 0 Å². The fraction of sp³-hybridized carbons (Fsp3) is 0.529. The third-order valence-electron chi connectivity index (χ3n) is 4.24. The summed E-state index contributed by atoms with van der Waals surface area (Å²) in [4.78, 5) is 25.3. The highest BCUT2D eigenvalue weighted by atomic mass is 16.4. The SMILES string of the molecule is Cc1ccc(NC(=O)CN2CC(C)CC(C(=O)O)C2)cc1C. The number of benzene rings is 1. The molecule has 2 unspecified atom stereocenters. The lowest BCUT2D eigenvalue weighted by Crippen LogP contribution is -2.45. The minimum absolute atomic E-state index is 0.0958. The summed E-state index contributed by atoms with van der Waals surface area (Å²) in [6.45, 7) is 7.52. The van der Waals surface area contributed by atoms with Gasteiger partial charge in [0.05, 0.1) is 12.5 Å². The van der Waals surface area contributed by atoms with E-state index in [1.54, 1.807) is 0 Å². The summed E-state index contributed by atoms with van der Waals surface area (Å²) in [5.74, 6) is -0.949. The highest BCUT2D eigenvalue weighted by molar-refractivity contribution is 5.92. The number of aliphatic carboxylic acids is 1. The summed E-state index contributed by atoms with van der Waals surface area (Å²) in [6, 6.07) is 5.82. The van der Waals surface area contributed by atoms with Crippen LogP contribution in [0.1, 0.15) is 24.5 Å². The number of hydrogen-bond donors (Lipinski definition) is 2. The molecule has 2 rings (SSSR count). The molecule has 0 aromatic heterocycles. The van der Waals surface area contributed by atoms with E-state index in [4.69, 9.17) is 0 Å². The van der Waals surface area contributed by atoms with Gasteiger partial charge in [-0.25, -0.2) is 0 Å². The van der Waals surface area contributed by atoms with E-state index >= 15 is 0 Å². The van der Waals surface area contributed by atoms with Crippen LogP contribution in [-0.2, 0) is 9.59 Å². The molecule has 1 amide bonds. The topological polar surface area (TPSA) is 69.6 Å². The summed E-state index contributed by atoms with van der Waals surface area (Å²) in [6.07, 6.45) is 0.685. The first-order valence-electron chi connectivity index (χ1n) is 7.67. The first kappa shape index (κ1) is 16.5. The lowest BCUT2D eigenvalue weighted by Gasteiger charge is -2.34. The lowest BCUT2D eigenvalue weighted by atomic mass is 9.90. The molecule has 1 fully saturated rings. The Morgan fingerprint density at radius 3 is 2.64 bits per heavy atom. The Bertz CT molecular complexity index is 571. The molecule has 1 heterocycles. The quantitative estimate of drug-likeness (QED) is 0.895. The fourth-order valence-electron chi connectivity index (χ4n) is 2.99. The molecular formula is C17H24N2O3. The zero-order valence-corrected chi connectivity index (χ0v) is 13.4. The predicted molar refractivity (Wildman–Crippen MR) is 85.9 cm³/mol. The highest BCUT2D eigenvalue weighted by Gasteiger charge is 2.30. The summed E-state index contributed by atoms with van der Waals surface area (Å²) in [5, 5.41) is 12.1. The Labute approximate surface area is 131 Å². The molecule has 22 heavy (non-hydrogen) atoms. The first-order chi connectivity index (χ1) is 10.3. The molecule has 120 valence electrons. The van der Waals surface area contributed by atoms with Gasteiger partial charge >= 0.3 is 5.97 Å². The molecule has 2 N–H and O–H groups in total. The van der Waals surface area contributed by atoms with Crippen LogP contribution in [0.4, 0.5) is 5.69 Å². The summed E-state index contributed by atoms with van der Waals surface area (Å²) in [7, 11) is 0. The Kier molecular flexibility index (Phi) is 5.19. The van der Waals surface area contributed by atoms with Crippen LogP contribution < -0.4 is 5.32 Å². The van der Waals surface area contributed by atoms with Crippen molar-refractivity contribution >= 4 is 17.6 Å². The number of rotatable bonds is 4. The third kappa shape index (κ3) is 4.31. The van der Waals surface area contributed by atoms with Gasteiger partial charge in [0, 0.05) is 18.8 Å². The molecule has 0 saturated carbocycles. The van der Waals surface area contributed by atoms with Crippen molar-refractivity contribution in [1.29, 1.82) is 0 Å². The second kappa shape index (κ2) is 6.92. The number of piperidine rings is 1. The largest absolute Gasteiger partial charge is 0.481 e. The highest BCUT2D eigenvalue weighted by Crippen LogP contribution is 2.21. The van der Waals surface area contributed by atoms with Gasteiger partial charge in [0.25, 0.3) is 0 Å². The van der Waals surface area contributed by atoms with Crippen LogP contribution in [0.2, 0.25) is 0 Å². The van der Waals surface area contributed by atoms with Crippen LogP contribution in [0, 0.1) is 25.7 Å². The molecule has 1 aromatic carbocycles. The maximum Gasteiger partial charge on any atom is 0.307 e. The Morgan fingerprint density at radius 1 is 1.27 bits per heavy atom. The van der Waals surface area contributed by atoms with Crippen molar-refractivity contribution in [1.82, 2.24) is 4.90 Å². The summed E-state index contributed by atoms with van der Waals surface area (Å²) < 4.78 is 0. The van der Waals surface area contributed by atoms with Gasteiger partial charge in [0.1, 0.15) is 0 Å². The van der Waals surface area contributed by atoms with Gasteiger partial charge in [-0.3, -0.25) is 14.5 Å². The molecule has 0 radical (unpaired) electrons. The monoisotopic (exact) mass is 304 g/mol. The lowest BCUT2D eigenvalue weighted by molar-refractivity contribution is -0.144.